The molecule has 1 saturated carbocycles. The minimum atomic E-state index is 0.782. The van der Waals surface area contributed by atoms with E-state index in [0.717, 1.165) is 16.9 Å². The predicted molar refractivity (Wildman–Crippen MR) is 80.9 cm³/mol. The number of hydrogen-bond acceptors (Lipinski definition) is 1. The monoisotopic (exact) mass is 265 g/mol. The van der Waals surface area contributed by atoms with Crippen LogP contribution in [0.4, 0.5) is 0 Å². The van der Waals surface area contributed by atoms with Crippen molar-refractivity contribution in [2.75, 3.05) is 0 Å². The zero-order valence-electron chi connectivity index (χ0n) is 11.5. The van der Waals surface area contributed by atoms with Gasteiger partial charge >= 0.3 is 0 Å². The van der Waals surface area contributed by atoms with Gasteiger partial charge in [-0.3, -0.25) is 0 Å². The third kappa shape index (κ3) is 4.81. The molecular formula is C16H24ClN. The molecule has 100 valence electrons. The van der Waals surface area contributed by atoms with Crippen molar-refractivity contribution >= 4 is 17.8 Å². The van der Waals surface area contributed by atoms with E-state index in [-0.39, 0.29) is 0 Å². The molecule has 0 heterocycles. The Kier molecular flexibility index (Phi) is 7.04. The molecule has 0 aromatic heterocycles. The molecule has 1 nitrogen and oxygen atoms in total. The lowest BCUT2D eigenvalue weighted by Crippen LogP contribution is -2.12. The second-order valence-electron chi connectivity index (χ2n) is 4.97. The van der Waals surface area contributed by atoms with Crippen LogP contribution in [0.25, 0.3) is 0 Å². The Balaban J connectivity index is 0.000000492. The molecule has 1 aromatic rings. The van der Waals surface area contributed by atoms with Crippen LogP contribution in [0.5, 0.6) is 0 Å². The Morgan fingerprint density at radius 1 is 1.17 bits per heavy atom. The third-order valence-electron chi connectivity index (χ3n) is 3.77. The van der Waals surface area contributed by atoms with Crippen LogP contribution in [0, 0.1) is 11.3 Å². The van der Waals surface area contributed by atoms with Crippen molar-refractivity contribution in [2.24, 2.45) is 5.92 Å². The summed E-state index contributed by atoms with van der Waals surface area (Å²) in [6.07, 6.45) is 8.14. The van der Waals surface area contributed by atoms with Crippen LogP contribution in [0.15, 0.2) is 24.3 Å². The SMILES string of the molecule is CC=N.CCC1CCC(c2ccc(Cl)cc2)CC1. The Morgan fingerprint density at radius 2 is 1.67 bits per heavy atom. The molecule has 2 heteroatoms. The number of rotatable bonds is 2. The highest BCUT2D eigenvalue weighted by Crippen LogP contribution is 2.37. The molecule has 0 atom stereocenters. The molecule has 2 rings (SSSR count). The molecule has 1 N–H and O–H groups in total. The molecule has 1 aromatic carbocycles. The molecule has 1 fully saturated rings. The van der Waals surface area contributed by atoms with Gasteiger partial charge in [-0.05, 0) is 68.4 Å². The van der Waals surface area contributed by atoms with Gasteiger partial charge in [-0.15, -0.1) is 0 Å². The lowest BCUT2D eigenvalue weighted by Gasteiger charge is -2.28. The Labute approximate surface area is 116 Å². The maximum atomic E-state index is 6.08. The second-order valence-corrected chi connectivity index (χ2v) is 5.40. The number of hydrogen-bond donors (Lipinski definition) is 1. The summed E-state index contributed by atoms with van der Waals surface area (Å²) in [7, 11) is 0. The Hall–Kier alpha value is -0.820. The Bertz CT molecular complexity index is 337. The van der Waals surface area contributed by atoms with Gasteiger partial charge in [0.2, 0.25) is 0 Å². The van der Waals surface area contributed by atoms with Crippen molar-refractivity contribution in [1.82, 2.24) is 0 Å². The summed E-state index contributed by atoms with van der Waals surface area (Å²) in [6, 6.07) is 8.42. The van der Waals surface area contributed by atoms with Crippen LogP contribution in [0.2, 0.25) is 5.02 Å². The fourth-order valence-electron chi connectivity index (χ4n) is 2.64. The summed E-state index contributed by atoms with van der Waals surface area (Å²) in [5, 5.41) is 6.93. The van der Waals surface area contributed by atoms with Crippen molar-refractivity contribution in [3.05, 3.63) is 34.9 Å². The summed E-state index contributed by atoms with van der Waals surface area (Å²) < 4.78 is 0. The Morgan fingerprint density at radius 3 is 2.11 bits per heavy atom. The molecule has 18 heavy (non-hydrogen) atoms. The van der Waals surface area contributed by atoms with Crippen molar-refractivity contribution in [3.8, 4) is 0 Å². The van der Waals surface area contributed by atoms with Crippen molar-refractivity contribution in [3.63, 3.8) is 0 Å². The van der Waals surface area contributed by atoms with Gasteiger partial charge in [-0.1, -0.05) is 37.1 Å². The summed E-state index contributed by atoms with van der Waals surface area (Å²) in [6.45, 7) is 3.98. The van der Waals surface area contributed by atoms with Crippen molar-refractivity contribution in [1.29, 1.82) is 5.41 Å². The topological polar surface area (TPSA) is 23.9 Å². The van der Waals surface area contributed by atoms with Crippen LogP contribution in [-0.4, -0.2) is 6.21 Å². The molecule has 0 amide bonds. The standard InChI is InChI=1S/C14H19Cl.C2H5N/c1-2-11-3-5-12(6-4-11)13-7-9-14(15)10-8-13;1-2-3/h7-12H,2-6H2,1H3;2-3H,1H3. The summed E-state index contributed by atoms with van der Waals surface area (Å²) in [5.74, 6) is 1.76. The minimum absolute atomic E-state index is 0.782. The highest BCUT2D eigenvalue weighted by atomic mass is 35.5. The predicted octanol–water partition coefficient (Wildman–Crippen LogP) is 5.68. The average molecular weight is 266 g/mol. The number of halogens is 1. The fourth-order valence-corrected chi connectivity index (χ4v) is 2.76. The van der Waals surface area contributed by atoms with E-state index in [0.29, 0.717) is 0 Å². The normalized spacial score (nSPS) is 22.8. The van der Waals surface area contributed by atoms with Crippen molar-refractivity contribution in [2.45, 2.75) is 51.9 Å². The highest BCUT2D eigenvalue weighted by molar-refractivity contribution is 6.30. The molecule has 0 radical (unpaired) electrons. The first-order valence-corrected chi connectivity index (χ1v) is 7.29. The van der Waals surface area contributed by atoms with Gasteiger partial charge in [0.25, 0.3) is 0 Å². The van der Waals surface area contributed by atoms with Gasteiger partial charge in [0.1, 0.15) is 0 Å². The van der Waals surface area contributed by atoms with E-state index in [1.165, 1.54) is 43.9 Å². The molecule has 0 unspecified atom stereocenters. The molecule has 0 bridgehead atoms. The fraction of sp³-hybridized carbons (Fsp3) is 0.562. The lowest BCUT2D eigenvalue weighted by molar-refractivity contribution is 0.319. The van der Waals surface area contributed by atoms with Crippen molar-refractivity contribution < 1.29 is 0 Å². The number of benzene rings is 1. The maximum absolute atomic E-state index is 6.08. The van der Waals surface area contributed by atoms with Gasteiger partial charge in [0.05, 0.1) is 0 Å². The van der Waals surface area contributed by atoms with E-state index in [4.69, 9.17) is 17.0 Å². The quantitative estimate of drug-likeness (QED) is 0.665. The molecule has 0 saturated heterocycles. The first-order valence-electron chi connectivity index (χ1n) is 6.91. The highest BCUT2D eigenvalue weighted by Gasteiger charge is 2.20. The summed E-state index contributed by atoms with van der Waals surface area (Å²) >= 11 is 5.90. The van der Waals surface area contributed by atoms with Gasteiger partial charge in [0, 0.05) is 5.02 Å². The molecule has 0 spiro atoms. The molecule has 0 aliphatic heterocycles. The first-order chi connectivity index (χ1) is 8.71. The van der Waals surface area contributed by atoms with Gasteiger partial charge in [-0.2, -0.15) is 0 Å². The van der Waals surface area contributed by atoms with E-state index < -0.39 is 0 Å². The minimum Gasteiger partial charge on any atom is -0.313 e. The second kappa shape index (κ2) is 8.31. The third-order valence-corrected chi connectivity index (χ3v) is 4.02. The zero-order chi connectivity index (χ0) is 13.4. The van der Waals surface area contributed by atoms with Gasteiger partial charge in [0.15, 0.2) is 0 Å². The van der Waals surface area contributed by atoms with Crippen LogP contribution in [-0.2, 0) is 0 Å². The zero-order valence-corrected chi connectivity index (χ0v) is 12.2. The van der Waals surface area contributed by atoms with Crippen LogP contribution in [0.1, 0.15) is 57.4 Å². The van der Waals surface area contributed by atoms with E-state index >= 15 is 0 Å². The van der Waals surface area contributed by atoms with Crippen LogP contribution >= 0.6 is 11.6 Å². The molecular weight excluding hydrogens is 242 g/mol. The molecule has 1 aliphatic carbocycles. The number of nitrogens with one attached hydrogen (secondary N) is 1. The largest absolute Gasteiger partial charge is 0.313 e. The van der Waals surface area contributed by atoms with E-state index in [1.54, 1.807) is 6.92 Å². The van der Waals surface area contributed by atoms with Gasteiger partial charge in [-0.25, -0.2) is 0 Å². The average Bonchev–Trinajstić information content (AvgIpc) is 2.41. The van der Waals surface area contributed by atoms with Gasteiger partial charge < -0.3 is 5.41 Å². The first kappa shape index (κ1) is 15.2. The summed E-state index contributed by atoms with van der Waals surface area (Å²) in [5.41, 5.74) is 1.48. The smallest absolute Gasteiger partial charge is 0.0406 e. The van der Waals surface area contributed by atoms with Crippen LogP contribution in [0.3, 0.4) is 0 Å². The van der Waals surface area contributed by atoms with E-state index in [1.807, 2.05) is 12.1 Å². The van der Waals surface area contributed by atoms with E-state index in [9.17, 15) is 0 Å². The lowest BCUT2D eigenvalue weighted by atomic mass is 9.78. The maximum Gasteiger partial charge on any atom is 0.0406 e. The van der Waals surface area contributed by atoms with E-state index in [2.05, 4.69) is 19.1 Å². The summed E-state index contributed by atoms with van der Waals surface area (Å²) in [4.78, 5) is 0. The molecule has 1 aliphatic rings. The van der Waals surface area contributed by atoms with Crippen LogP contribution < -0.4 is 0 Å².